The summed E-state index contributed by atoms with van der Waals surface area (Å²) in [6.07, 6.45) is 1.68. The van der Waals surface area contributed by atoms with Crippen LogP contribution in [0.3, 0.4) is 0 Å². The van der Waals surface area contributed by atoms with Crippen LogP contribution in [0.1, 0.15) is 33.1 Å². The Morgan fingerprint density at radius 1 is 1.07 bits per heavy atom. The van der Waals surface area contributed by atoms with Crippen LogP contribution in [0.25, 0.3) is 0 Å². The second-order valence-corrected chi connectivity index (χ2v) is 7.18. The summed E-state index contributed by atoms with van der Waals surface area (Å²) in [6.45, 7) is 3.83. The van der Waals surface area contributed by atoms with Gasteiger partial charge < -0.3 is 10.6 Å². The number of benzene rings is 2. The summed E-state index contributed by atoms with van der Waals surface area (Å²) in [6, 6.07) is 20.3. The molecule has 0 radical (unpaired) electrons. The second kappa shape index (κ2) is 7.37. The normalized spacial score (nSPS) is 19.4. The van der Waals surface area contributed by atoms with Gasteiger partial charge in [0.2, 0.25) is 0 Å². The van der Waals surface area contributed by atoms with Crippen molar-refractivity contribution in [2.75, 3.05) is 13.1 Å². The van der Waals surface area contributed by atoms with Crippen molar-refractivity contribution in [3.63, 3.8) is 0 Å². The summed E-state index contributed by atoms with van der Waals surface area (Å²) in [5, 5.41) is 4.44. The molecule has 0 aliphatic carbocycles. The highest BCUT2D eigenvalue weighted by Gasteiger charge is 2.35. The van der Waals surface area contributed by atoms with Crippen molar-refractivity contribution in [2.24, 2.45) is 5.73 Å². The van der Waals surface area contributed by atoms with Crippen molar-refractivity contribution < 1.29 is 4.79 Å². The molecule has 2 heterocycles. The fourth-order valence-electron chi connectivity index (χ4n) is 3.79. The predicted molar refractivity (Wildman–Crippen MR) is 106 cm³/mol. The van der Waals surface area contributed by atoms with Gasteiger partial charge in [0.25, 0.3) is 5.91 Å². The van der Waals surface area contributed by atoms with E-state index in [2.05, 4.69) is 29.4 Å². The maximum atomic E-state index is 13.1. The number of rotatable bonds is 4. The first kappa shape index (κ1) is 17.5. The van der Waals surface area contributed by atoms with Crippen molar-refractivity contribution in [3.05, 3.63) is 89.2 Å². The Bertz CT molecular complexity index is 920. The molecule has 2 N–H and O–H groups in total. The number of nitrogens with two attached hydrogens (primary N) is 1. The van der Waals surface area contributed by atoms with Gasteiger partial charge in [0.1, 0.15) is 0 Å². The highest BCUT2D eigenvalue weighted by Crippen LogP contribution is 2.28. The first-order valence-electron chi connectivity index (χ1n) is 9.29. The van der Waals surface area contributed by atoms with Crippen LogP contribution in [-0.4, -0.2) is 39.7 Å². The van der Waals surface area contributed by atoms with Crippen molar-refractivity contribution >= 4 is 5.91 Å². The molecule has 1 aliphatic heterocycles. The average Bonchev–Trinajstić information content (AvgIpc) is 3.26. The fourth-order valence-corrected chi connectivity index (χ4v) is 3.79. The third-order valence-corrected chi connectivity index (χ3v) is 5.39. The quantitative estimate of drug-likeness (QED) is 0.778. The molecule has 5 heteroatoms. The van der Waals surface area contributed by atoms with Gasteiger partial charge in [-0.15, -0.1) is 0 Å². The zero-order valence-electron chi connectivity index (χ0n) is 15.5. The van der Waals surface area contributed by atoms with Crippen molar-refractivity contribution in [1.82, 2.24) is 14.7 Å². The van der Waals surface area contributed by atoms with Gasteiger partial charge in [0.05, 0.1) is 18.3 Å². The molecule has 2 atom stereocenters. The fraction of sp³-hybridized carbons (Fsp3) is 0.273. The molecule has 4 rings (SSSR count). The number of carbonyl (C=O) groups excluding carboxylic acids is 1. The van der Waals surface area contributed by atoms with Gasteiger partial charge in [0, 0.05) is 30.7 Å². The topological polar surface area (TPSA) is 64.2 Å². The standard InChI is InChI=1S/C22H24N4O/c1-16-19(12-24-26(16)13-17-8-4-2-5-9-17)22(27)25-14-20(21(23)15-25)18-10-6-3-7-11-18/h2-12,20-21H,13-15,23H2,1H3/t20-,21+/m0/s1. The number of carbonyl (C=O) groups is 1. The first-order chi connectivity index (χ1) is 13.1. The van der Waals surface area contributed by atoms with Gasteiger partial charge in [-0.25, -0.2) is 0 Å². The lowest BCUT2D eigenvalue weighted by Gasteiger charge is -2.16. The molecule has 0 spiro atoms. The van der Waals surface area contributed by atoms with Crippen LogP contribution in [0.15, 0.2) is 66.9 Å². The van der Waals surface area contributed by atoms with Gasteiger partial charge in [-0.1, -0.05) is 60.7 Å². The third kappa shape index (κ3) is 3.51. The Hall–Kier alpha value is -2.92. The van der Waals surface area contributed by atoms with Crippen LogP contribution >= 0.6 is 0 Å². The van der Waals surface area contributed by atoms with Gasteiger partial charge in [-0.3, -0.25) is 9.48 Å². The Morgan fingerprint density at radius 3 is 2.44 bits per heavy atom. The predicted octanol–water partition coefficient (Wildman–Crippen LogP) is 2.81. The molecule has 2 aromatic carbocycles. The Morgan fingerprint density at radius 2 is 1.74 bits per heavy atom. The molecule has 1 amide bonds. The summed E-state index contributed by atoms with van der Waals surface area (Å²) in [4.78, 5) is 14.9. The number of nitrogens with zero attached hydrogens (tertiary/aromatic N) is 3. The lowest BCUT2D eigenvalue weighted by atomic mass is 9.95. The maximum absolute atomic E-state index is 13.1. The summed E-state index contributed by atoms with van der Waals surface area (Å²) in [5.41, 5.74) is 10.3. The molecule has 0 bridgehead atoms. The minimum Gasteiger partial charge on any atom is -0.336 e. The van der Waals surface area contributed by atoms with Crippen molar-refractivity contribution in [3.8, 4) is 0 Å². The van der Waals surface area contributed by atoms with E-state index < -0.39 is 0 Å². The van der Waals surface area contributed by atoms with E-state index in [4.69, 9.17) is 5.73 Å². The van der Waals surface area contributed by atoms with Crippen LogP contribution in [-0.2, 0) is 6.54 Å². The minimum absolute atomic E-state index is 0.0145. The first-order valence-corrected chi connectivity index (χ1v) is 9.29. The van der Waals surface area contributed by atoms with Gasteiger partial charge in [-0.2, -0.15) is 5.10 Å². The lowest BCUT2D eigenvalue weighted by Crippen LogP contribution is -2.32. The molecule has 1 aromatic heterocycles. The zero-order chi connectivity index (χ0) is 18.8. The largest absolute Gasteiger partial charge is 0.336 e. The zero-order valence-corrected chi connectivity index (χ0v) is 15.5. The van der Waals surface area contributed by atoms with Crippen LogP contribution in [0, 0.1) is 6.92 Å². The van der Waals surface area contributed by atoms with E-state index in [1.807, 2.05) is 52.9 Å². The van der Waals surface area contributed by atoms with Crippen LogP contribution in [0.2, 0.25) is 0 Å². The molecular weight excluding hydrogens is 336 g/mol. The van der Waals surface area contributed by atoms with Gasteiger partial charge in [-0.05, 0) is 18.1 Å². The highest BCUT2D eigenvalue weighted by atomic mass is 16.2. The highest BCUT2D eigenvalue weighted by molar-refractivity contribution is 5.95. The minimum atomic E-state index is -0.0454. The smallest absolute Gasteiger partial charge is 0.257 e. The lowest BCUT2D eigenvalue weighted by molar-refractivity contribution is 0.0788. The maximum Gasteiger partial charge on any atom is 0.257 e. The number of hydrogen-bond acceptors (Lipinski definition) is 3. The van der Waals surface area contributed by atoms with E-state index in [-0.39, 0.29) is 17.9 Å². The van der Waals surface area contributed by atoms with Crippen molar-refractivity contribution in [1.29, 1.82) is 0 Å². The molecule has 0 unspecified atom stereocenters. The average molecular weight is 360 g/mol. The molecule has 5 nitrogen and oxygen atoms in total. The molecular formula is C22H24N4O. The van der Waals surface area contributed by atoms with E-state index in [9.17, 15) is 4.79 Å². The third-order valence-electron chi connectivity index (χ3n) is 5.39. The Balaban J connectivity index is 1.50. The molecule has 27 heavy (non-hydrogen) atoms. The molecule has 0 saturated carbocycles. The number of hydrogen-bond donors (Lipinski definition) is 1. The second-order valence-electron chi connectivity index (χ2n) is 7.18. The van der Waals surface area contributed by atoms with E-state index in [0.717, 1.165) is 11.3 Å². The van der Waals surface area contributed by atoms with Crippen LogP contribution < -0.4 is 5.73 Å². The van der Waals surface area contributed by atoms with Crippen LogP contribution in [0.4, 0.5) is 0 Å². The Kier molecular flexibility index (Phi) is 4.77. The van der Waals surface area contributed by atoms with E-state index in [1.165, 1.54) is 5.56 Å². The molecule has 3 aromatic rings. The molecule has 138 valence electrons. The van der Waals surface area contributed by atoms with E-state index >= 15 is 0 Å². The Labute approximate surface area is 159 Å². The summed E-state index contributed by atoms with van der Waals surface area (Å²) in [7, 11) is 0. The molecule has 1 fully saturated rings. The SMILES string of the molecule is Cc1c(C(=O)N2C[C@@H](N)[C@H](c3ccccc3)C2)cnn1Cc1ccccc1. The summed E-state index contributed by atoms with van der Waals surface area (Å²) >= 11 is 0. The van der Waals surface area contributed by atoms with E-state index in [1.54, 1.807) is 6.20 Å². The van der Waals surface area contributed by atoms with E-state index in [0.29, 0.717) is 25.2 Å². The van der Waals surface area contributed by atoms with Crippen LogP contribution in [0.5, 0.6) is 0 Å². The summed E-state index contributed by atoms with van der Waals surface area (Å²) < 4.78 is 1.88. The van der Waals surface area contributed by atoms with Crippen molar-refractivity contribution in [2.45, 2.75) is 25.4 Å². The molecule has 1 aliphatic rings. The number of amides is 1. The number of aromatic nitrogens is 2. The van der Waals surface area contributed by atoms with Gasteiger partial charge in [0.15, 0.2) is 0 Å². The number of likely N-dealkylation sites (tertiary alicyclic amines) is 1. The molecule has 1 saturated heterocycles. The summed E-state index contributed by atoms with van der Waals surface area (Å²) in [5.74, 6) is 0.190. The van der Waals surface area contributed by atoms with Gasteiger partial charge >= 0.3 is 0 Å². The monoisotopic (exact) mass is 360 g/mol.